The number of hydrogen-bond donors (Lipinski definition) is 1. The average molecular weight is 252 g/mol. The van der Waals surface area contributed by atoms with Crippen LogP contribution >= 0.6 is 15.9 Å². The van der Waals surface area contributed by atoms with Gasteiger partial charge < -0.3 is 10.5 Å². The first-order chi connectivity index (χ1) is 6.00. The fourth-order valence-corrected chi connectivity index (χ4v) is 1.50. The number of rotatable bonds is 1. The van der Waals surface area contributed by atoms with Crippen molar-refractivity contribution in [2.45, 2.75) is 6.92 Å². The number of methoxy groups -OCH3 is 1. The maximum atomic E-state index is 13.3. The largest absolute Gasteiger partial charge is 0.492 e. The average Bonchev–Trinajstić information content (AvgIpc) is 2.13. The monoisotopic (exact) mass is 251 g/mol. The van der Waals surface area contributed by atoms with Gasteiger partial charge in [-0.25, -0.2) is 8.78 Å². The second kappa shape index (κ2) is 3.49. The van der Waals surface area contributed by atoms with Gasteiger partial charge in [0.1, 0.15) is 4.47 Å². The normalized spacial score (nSPS) is 10.2. The molecule has 0 unspecified atom stereocenters. The summed E-state index contributed by atoms with van der Waals surface area (Å²) in [5.74, 6) is -1.51. The third kappa shape index (κ3) is 1.48. The van der Waals surface area contributed by atoms with E-state index in [4.69, 9.17) is 5.73 Å². The van der Waals surface area contributed by atoms with E-state index < -0.39 is 11.6 Å². The molecule has 0 aromatic heterocycles. The maximum absolute atomic E-state index is 13.3. The van der Waals surface area contributed by atoms with Gasteiger partial charge in [-0.05, 0) is 22.9 Å². The molecule has 0 heterocycles. The van der Waals surface area contributed by atoms with Gasteiger partial charge in [-0.15, -0.1) is 0 Å². The van der Waals surface area contributed by atoms with E-state index in [9.17, 15) is 8.78 Å². The molecule has 2 nitrogen and oxygen atoms in total. The van der Waals surface area contributed by atoms with E-state index in [0.717, 1.165) is 0 Å². The van der Waals surface area contributed by atoms with E-state index in [-0.39, 0.29) is 21.5 Å². The van der Waals surface area contributed by atoms with Crippen LogP contribution in [0.25, 0.3) is 0 Å². The summed E-state index contributed by atoms with van der Waals surface area (Å²) in [6.07, 6.45) is 0. The standard InChI is InChI=1S/C8H8BrF2NO/c1-3-5(10)8(13-2)4(9)6(11)7(3)12/h12H2,1-2H3. The van der Waals surface area contributed by atoms with E-state index in [1.54, 1.807) is 0 Å². The summed E-state index contributed by atoms with van der Waals surface area (Å²) in [4.78, 5) is 0. The first-order valence-electron chi connectivity index (χ1n) is 3.47. The lowest BCUT2D eigenvalue weighted by Gasteiger charge is -2.10. The number of halogens is 3. The molecular formula is C8H8BrF2NO. The predicted molar refractivity (Wildman–Crippen MR) is 49.8 cm³/mol. The van der Waals surface area contributed by atoms with Crippen LogP contribution in [0.5, 0.6) is 5.75 Å². The zero-order chi connectivity index (χ0) is 10.2. The highest BCUT2D eigenvalue weighted by atomic mass is 79.9. The third-order valence-corrected chi connectivity index (χ3v) is 2.47. The molecule has 0 radical (unpaired) electrons. The molecule has 0 aliphatic carbocycles. The number of anilines is 1. The Hall–Kier alpha value is -0.840. The number of benzene rings is 1. The Morgan fingerprint density at radius 3 is 2.31 bits per heavy atom. The quantitative estimate of drug-likeness (QED) is 0.616. The number of nitrogen functional groups attached to an aromatic ring is 1. The van der Waals surface area contributed by atoms with Crippen LogP contribution in [0.3, 0.4) is 0 Å². The molecule has 1 aromatic carbocycles. The zero-order valence-electron chi connectivity index (χ0n) is 7.12. The van der Waals surface area contributed by atoms with Gasteiger partial charge in [0.25, 0.3) is 0 Å². The van der Waals surface area contributed by atoms with Crippen molar-refractivity contribution in [2.24, 2.45) is 0 Å². The topological polar surface area (TPSA) is 35.2 Å². The molecule has 13 heavy (non-hydrogen) atoms. The number of ether oxygens (including phenoxy) is 1. The van der Waals surface area contributed by atoms with E-state index in [2.05, 4.69) is 20.7 Å². The van der Waals surface area contributed by atoms with Crippen LogP contribution in [0.1, 0.15) is 5.56 Å². The van der Waals surface area contributed by atoms with Crippen LogP contribution in [0.4, 0.5) is 14.5 Å². The van der Waals surface area contributed by atoms with E-state index in [1.165, 1.54) is 14.0 Å². The maximum Gasteiger partial charge on any atom is 0.172 e. The van der Waals surface area contributed by atoms with Crippen molar-refractivity contribution in [1.82, 2.24) is 0 Å². The Kier molecular flexibility index (Phi) is 2.75. The molecule has 0 spiro atoms. The lowest BCUT2D eigenvalue weighted by atomic mass is 10.1. The molecule has 0 aliphatic rings. The van der Waals surface area contributed by atoms with Gasteiger partial charge >= 0.3 is 0 Å². The van der Waals surface area contributed by atoms with Gasteiger partial charge in [0.05, 0.1) is 12.8 Å². The Labute approximate surface area is 82.8 Å². The van der Waals surface area contributed by atoms with Crippen LogP contribution in [0.15, 0.2) is 4.47 Å². The van der Waals surface area contributed by atoms with Gasteiger partial charge in [0, 0.05) is 5.56 Å². The van der Waals surface area contributed by atoms with Gasteiger partial charge in [-0.3, -0.25) is 0 Å². The molecule has 1 rings (SSSR count). The van der Waals surface area contributed by atoms with Crippen molar-refractivity contribution in [1.29, 1.82) is 0 Å². The van der Waals surface area contributed by atoms with Crippen LogP contribution < -0.4 is 10.5 Å². The van der Waals surface area contributed by atoms with Crippen molar-refractivity contribution in [3.63, 3.8) is 0 Å². The van der Waals surface area contributed by atoms with Crippen molar-refractivity contribution < 1.29 is 13.5 Å². The number of hydrogen-bond acceptors (Lipinski definition) is 2. The lowest BCUT2D eigenvalue weighted by molar-refractivity contribution is 0.378. The lowest BCUT2D eigenvalue weighted by Crippen LogP contribution is -2.02. The summed E-state index contributed by atoms with van der Waals surface area (Å²) in [7, 11) is 1.26. The first kappa shape index (κ1) is 10.2. The van der Waals surface area contributed by atoms with Crippen molar-refractivity contribution in [2.75, 3.05) is 12.8 Å². The van der Waals surface area contributed by atoms with Gasteiger partial charge in [0.15, 0.2) is 17.4 Å². The van der Waals surface area contributed by atoms with E-state index >= 15 is 0 Å². The molecule has 72 valence electrons. The Morgan fingerprint density at radius 2 is 1.85 bits per heavy atom. The van der Waals surface area contributed by atoms with Crippen molar-refractivity contribution >= 4 is 21.6 Å². The number of nitrogens with two attached hydrogens (primary N) is 1. The minimum Gasteiger partial charge on any atom is -0.492 e. The molecule has 0 saturated heterocycles. The van der Waals surface area contributed by atoms with Crippen LogP contribution in [0, 0.1) is 18.6 Å². The Balaban J connectivity index is 3.56. The van der Waals surface area contributed by atoms with Gasteiger partial charge in [0.2, 0.25) is 0 Å². The highest BCUT2D eigenvalue weighted by Gasteiger charge is 2.19. The van der Waals surface area contributed by atoms with Crippen LogP contribution in [0.2, 0.25) is 0 Å². The molecule has 0 bridgehead atoms. The highest BCUT2D eigenvalue weighted by Crippen LogP contribution is 2.36. The third-order valence-electron chi connectivity index (χ3n) is 1.77. The molecule has 0 aliphatic heterocycles. The van der Waals surface area contributed by atoms with Crippen molar-refractivity contribution in [3.05, 3.63) is 21.7 Å². The van der Waals surface area contributed by atoms with Gasteiger partial charge in [-0.1, -0.05) is 0 Å². The molecule has 0 fully saturated rings. The molecular weight excluding hydrogens is 244 g/mol. The van der Waals surface area contributed by atoms with E-state index in [1.807, 2.05) is 0 Å². The van der Waals surface area contributed by atoms with Crippen LogP contribution in [-0.4, -0.2) is 7.11 Å². The minimum atomic E-state index is -0.698. The summed E-state index contributed by atoms with van der Waals surface area (Å²) in [5, 5.41) is 0. The second-order valence-corrected chi connectivity index (χ2v) is 3.31. The van der Waals surface area contributed by atoms with Crippen LogP contribution in [-0.2, 0) is 0 Å². The summed E-state index contributed by atoms with van der Waals surface area (Å²) >= 11 is 2.86. The fraction of sp³-hybridized carbons (Fsp3) is 0.250. The molecule has 5 heteroatoms. The summed E-state index contributed by atoms with van der Waals surface area (Å²) < 4.78 is 31.1. The fourth-order valence-electron chi connectivity index (χ4n) is 0.947. The summed E-state index contributed by atoms with van der Waals surface area (Å²) in [5.41, 5.74) is 5.16. The van der Waals surface area contributed by atoms with Gasteiger partial charge in [-0.2, -0.15) is 0 Å². The highest BCUT2D eigenvalue weighted by molar-refractivity contribution is 9.10. The molecule has 1 aromatic rings. The first-order valence-corrected chi connectivity index (χ1v) is 4.26. The molecule has 0 atom stereocenters. The molecule has 0 amide bonds. The second-order valence-electron chi connectivity index (χ2n) is 2.51. The Bertz CT molecular complexity index is 325. The summed E-state index contributed by atoms with van der Waals surface area (Å²) in [6, 6.07) is 0. The molecule has 2 N–H and O–H groups in total. The molecule has 0 saturated carbocycles. The smallest absolute Gasteiger partial charge is 0.172 e. The predicted octanol–water partition coefficient (Wildman–Crippen LogP) is 2.63. The summed E-state index contributed by atoms with van der Waals surface area (Å²) in [6.45, 7) is 1.39. The van der Waals surface area contributed by atoms with E-state index in [0.29, 0.717) is 0 Å². The minimum absolute atomic E-state index is 0.0533. The van der Waals surface area contributed by atoms with Crippen molar-refractivity contribution in [3.8, 4) is 5.75 Å². The Morgan fingerprint density at radius 1 is 1.31 bits per heavy atom. The SMILES string of the molecule is COc1c(F)c(C)c(N)c(F)c1Br. The zero-order valence-corrected chi connectivity index (χ0v) is 8.71.